The lowest BCUT2D eigenvalue weighted by Crippen LogP contribution is -2.38. The van der Waals surface area contributed by atoms with Gasteiger partial charge in [-0.15, -0.1) is 0 Å². The molecule has 5 nitrogen and oxygen atoms in total. The largest absolute Gasteiger partial charge is 0.484 e. The number of nitrogens with zero attached hydrogens (tertiary/aromatic N) is 2. The van der Waals surface area contributed by atoms with Gasteiger partial charge in [0.1, 0.15) is 5.75 Å². The average Bonchev–Trinajstić information content (AvgIpc) is 2.87. The molecule has 104 valence electrons. The number of benzene rings is 1. The van der Waals surface area contributed by atoms with Gasteiger partial charge in [-0.1, -0.05) is 23.4 Å². The molecule has 2 heterocycles. The number of carbonyl (C=O) groups excluding carboxylic acids is 1. The van der Waals surface area contributed by atoms with Crippen LogP contribution in [0.1, 0.15) is 17.0 Å². The van der Waals surface area contributed by atoms with Gasteiger partial charge in [-0.3, -0.25) is 4.79 Å². The van der Waals surface area contributed by atoms with Crippen LogP contribution in [-0.2, 0) is 17.8 Å². The predicted octanol–water partition coefficient (Wildman–Crippen LogP) is 1.95. The van der Waals surface area contributed by atoms with Gasteiger partial charge >= 0.3 is 0 Å². The molecule has 2 aromatic rings. The minimum absolute atomic E-state index is 0.0337. The number of aromatic nitrogens is 1. The standard InChI is InChI=1S/C15H16N2O3/c1-11-13-7-8-17(9-14(13)20-16-11)15(18)10-19-12-5-3-2-4-6-12/h2-6H,7-10H2,1H3. The molecule has 1 amide bonds. The van der Waals surface area contributed by atoms with Gasteiger partial charge in [-0.2, -0.15) is 0 Å². The van der Waals surface area contributed by atoms with E-state index in [9.17, 15) is 4.79 Å². The first kappa shape index (κ1) is 12.7. The van der Waals surface area contributed by atoms with Crippen LogP contribution in [0.3, 0.4) is 0 Å². The lowest BCUT2D eigenvalue weighted by Gasteiger charge is -2.25. The zero-order chi connectivity index (χ0) is 13.9. The maximum atomic E-state index is 12.1. The van der Waals surface area contributed by atoms with Crippen molar-refractivity contribution < 1.29 is 14.1 Å². The van der Waals surface area contributed by atoms with E-state index in [1.54, 1.807) is 4.90 Å². The number of ether oxygens (including phenoxy) is 1. The molecule has 1 aromatic heterocycles. The van der Waals surface area contributed by atoms with E-state index in [2.05, 4.69) is 5.16 Å². The number of fused-ring (bicyclic) bond motifs is 1. The fraction of sp³-hybridized carbons (Fsp3) is 0.333. The van der Waals surface area contributed by atoms with Gasteiger partial charge in [-0.05, 0) is 25.5 Å². The van der Waals surface area contributed by atoms with Crippen LogP contribution in [0.15, 0.2) is 34.9 Å². The Balaban J connectivity index is 1.59. The highest BCUT2D eigenvalue weighted by Gasteiger charge is 2.25. The molecule has 0 fully saturated rings. The van der Waals surface area contributed by atoms with Gasteiger partial charge in [0.2, 0.25) is 0 Å². The zero-order valence-electron chi connectivity index (χ0n) is 11.3. The van der Waals surface area contributed by atoms with Crippen LogP contribution >= 0.6 is 0 Å². The van der Waals surface area contributed by atoms with Crippen molar-refractivity contribution >= 4 is 5.91 Å². The Hall–Kier alpha value is -2.30. The number of hydrogen-bond acceptors (Lipinski definition) is 4. The second-order valence-corrected chi connectivity index (χ2v) is 4.84. The second kappa shape index (κ2) is 5.36. The second-order valence-electron chi connectivity index (χ2n) is 4.84. The van der Waals surface area contributed by atoms with Crippen molar-refractivity contribution in [2.75, 3.05) is 13.2 Å². The van der Waals surface area contributed by atoms with Crippen molar-refractivity contribution in [1.29, 1.82) is 0 Å². The Kier molecular flexibility index (Phi) is 3.41. The molecule has 1 aliphatic heterocycles. The molecule has 0 unspecified atom stereocenters. The molecule has 20 heavy (non-hydrogen) atoms. The first-order valence-electron chi connectivity index (χ1n) is 6.63. The summed E-state index contributed by atoms with van der Waals surface area (Å²) < 4.78 is 10.7. The molecule has 0 bridgehead atoms. The molecular weight excluding hydrogens is 256 g/mol. The Morgan fingerprint density at radius 2 is 2.20 bits per heavy atom. The van der Waals surface area contributed by atoms with E-state index >= 15 is 0 Å². The van der Waals surface area contributed by atoms with Crippen molar-refractivity contribution in [3.63, 3.8) is 0 Å². The van der Waals surface area contributed by atoms with Crippen LogP contribution < -0.4 is 4.74 Å². The average molecular weight is 272 g/mol. The van der Waals surface area contributed by atoms with E-state index in [0.717, 1.165) is 23.4 Å². The molecule has 1 aliphatic rings. The van der Waals surface area contributed by atoms with Crippen molar-refractivity contribution in [2.45, 2.75) is 19.9 Å². The first-order chi connectivity index (χ1) is 9.74. The molecular formula is C15H16N2O3. The van der Waals surface area contributed by atoms with E-state index in [4.69, 9.17) is 9.26 Å². The Morgan fingerprint density at radius 3 is 3.00 bits per heavy atom. The summed E-state index contributed by atoms with van der Waals surface area (Å²) in [5.41, 5.74) is 2.06. The minimum Gasteiger partial charge on any atom is -0.484 e. The third-order valence-corrected chi connectivity index (χ3v) is 3.49. The number of carbonyl (C=O) groups is 1. The van der Waals surface area contributed by atoms with Gasteiger partial charge in [0.05, 0.1) is 12.2 Å². The Labute approximate surface area is 117 Å². The normalized spacial score (nSPS) is 13.9. The molecule has 1 aromatic carbocycles. The molecule has 0 spiro atoms. The van der Waals surface area contributed by atoms with Gasteiger partial charge in [0.15, 0.2) is 12.4 Å². The fourth-order valence-electron chi connectivity index (χ4n) is 2.35. The van der Waals surface area contributed by atoms with Gasteiger partial charge in [0.25, 0.3) is 5.91 Å². The van der Waals surface area contributed by atoms with Crippen molar-refractivity contribution in [3.8, 4) is 5.75 Å². The first-order valence-corrected chi connectivity index (χ1v) is 6.63. The van der Waals surface area contributed by atoms with Crippen molar-refractivity contribution in [3.05, 3.63) is 47.3 Å². The van der Waals surface area contributed by atoms with Crippen LogP contribution in [0.2, 0.25) is 0 Å². The lowest BCUT2D eigenvalue weighted by molar-refractivity contribution is -0.134. The molecule has 0 atom stereocenters. The van der Waals surface area contributed by atoms with Crippen molar-refractivity contribution in [2.24, 2.45) is 0 Å². The highest BCUT2D eigenvalue weighted by molar-refractivity contribution is 5.78. The number of aryl methyl sites for hydroxylation is 1. The molecule has 0 saturated heterocycles. The Morgan fingerprint density at radius 1 is 1.40 bits per heavy atom. The summed E-state index contributed by atoms with van der Waals surface area (Å²) in [5.74, 6) is 1.46. The van der Waals surface area contributed by atoms with Crippen LogP contribution in [0.5, 0.6) is 5.75 Å². The summed E-state index contributed by atoms with van der Waals surface area (Å²) in [5, 5.41) is 3.94. The van der Waals surface area contributed by atoms with Crippen molar-refractivity contribution in [1.82, 2.24) is 10.1 Å². The number of hydrogen-bond donors (Lipinski definition) is 0. The fourth-order valence-corrected chi connectivity index (χ4v) is 2.35. The van der Waals surface area contributed by atoms with E-state index < -0.39 is 0 Å². The van der Waals surface area contributed by atoms with Crippen LogP contribution in [0.4, 0.5) is 0 Å². The van der Waals surface area contributed by atoms with Crippen LogP contribution in [0.25, 0.3) is 0 Å². The number of rotatable bonds is 3. The highest BCUT2D eigenvalue weighted by Crippen LogP contribution is 2.21. The predicted molar refractivity (Wildman–Crippen MR) is 72.3 cm³/mol. The molecule has 3 rings (SSSR count). The SMILES string of the molecule is Cc1noc2c1CCN(C(=O)COc1ccccc1)C2. The molecule has 0 saturated carbocycles. The molecule has 5 heteroatoms. The Bertz CT molecular complexity index is 607. The third kappa shape index (κ3) is 2.52. The monoisotopic (exact) mass is 272 g/mol. The molecule has 0 N–H and O–H groups in total. The smallest absolute Gasteiger partial charge is 0.260 e. The van der Waals surface area contributed by atoms with Crippen LogP contribution in [-0.4, -0.2) is 29.1 Å². The van der Waals surface area contributed by atoms with Crippen LogP contribution in [0, 0.1) is 6.92 Å². The minimum atomic E-state index is -0.0337. The summed E-state index contributed by atoms with van der Waals surface area (Å²) in [6.07, 6.45) is 0.793. The van der Waals surface area contributed by atoms with E-state index in [1.165, 1.54) is 0 Å². The summed E-state index contributed by atoms with van der Waals surface area (Å²) in [6, 6.07) is 9.34. The third-order valence-electron chi connectivity index (χ3n) is 3.49. The topological polar surface area (TPSA) is 55.6 Å². The number of amides is 1. The van der Waals surface area contributed by atoms with Gasteiger partial charge < -0.3 is 14.2 Å². The molecule has 0 radical (unpaired) electrons. The zero-order valence-corrected chi connectivity index (χ0v) is 11.3. The van der Waals surface area contributed by atoms with Gasteiger partial charge in [0, 0.05) is 12.1 Å². The highest BCUT2D eigenvalue weighted by atomic mass is 16.5. The summed E-state index contributed by atoms with van der Waals surface area (Å²) >= 11 is 0. The summed E-state index contributed by atoms with van der Waals surface area (Å²) in [4.78, 5) is 13.9. The maximum absolute atomic E-state index is 12.1. The number of para-hydroxylation sites is 1. The quantitative estimate of drug-likeness (QED) is 0.857. The lowest BCUT2D eigenvalue weighted by atomic mass is 10.1. The van der Waals surface area contributed by atoms with E-state index in [-0.39, 0.29) is 12.5 Å². The summed E-state index contributed by atoms with van der Waals surface area (Å²) in [7, 11) is 0. The van der Waals surface area contributed by atoms with E-state index in [0.29, 0.717) is 18.8 Å². The summed E-state index contributed by atoms with van der Waals surface area (Å²) in [6.45, 7) is 3.14. The molecule has 0 aliphatic carbocycles. The van der Waals surface area contributed by atoms with E-state index in [1.807, 2.05) is 37.3 Å². The maximum Gasteiger partial charge on any atom is 0.260 e. The van der Waals surface area contributed by atoms with Gasteiger partial charge in [-0.25, -0.2) is 0 Å².